The summed E-state index contributed by atoms with van der Waals surface area (Å²) in [5.41, 5.74) is 10.2. The molecule has 2 aromatic carbocycles. The van der Waals surface area contributed by atoms with Crippen LogP contribution in [0.15, 0.2) is 53.4 Å². The number of nitrogens with two attached hydrogens (primary N) is 1. The molecule has 0 bridgehead atoms. The van der Waals surface area contributed by atoms with Gasteiger partial charge in [-0.15, -0.1) is 11.8 Å². The topological polar surface area (TPSA) is 26.0 Å². The van der Waals surface area contributed by atoms with Crippen LogP contribution in [-0.4, -0.2) is 6.26 Å². The summed E-state index contributed by atoms with van der Waals surface area (Å²) in [4.78, 5) is 1.26. The van der Waals surface area contributed by atoms with Gasteiger partial charge in [-0.1, -0.05) is 56.3 Å². The molecule has 1 nitrogen and oxygen atoms in total. The molecule has 0 saturated heterocycles. The summed E-state index contributed by atoms with van der Waals surface area (Å²) < 4.78 is 0. The van der Waals surface area contributed by atoms with Gasteiger partial charge in [-0.3, -0.25) is 0 Å². The van der Waals surface area contributed by atoms with Crippen molar-refractivity contribution in [3.8, 4) is 0 Å². The molecule has 2 N–H and O–H groups in total. The molecule has 0 spiro atoms. The van der Waals surface area contributed by atoms with Gasteiger partial charge in [0.15, 0.2) is 0 Å². The number of rotatable bonds is 5. The van der Waals surface area contributed by atoms with Gasteiger partial charge in [0.25, 0.3) is 0 Å². The molecule has 0 aliphatic rings. The predicted octanol–water partition coefficient (Wildman–Crippen LogP) is 4.97. The average molecular weight is 285 g/mol. The van der Waals surface area contributed by atoms with E-state index in [1.807, 2.05) is 0 Å². The van der Waals surface area contributed by atoms with Crippen LogP contribution in [0.2, 0.25) is 0 Å². The molecule has 2 unspecified atom stereocenters. The van der Waals surface area contributed by atoms with E-state index in [2.05, 4.69) is 68.6 Å². The van der Waals surface area contributed by atoms with E-state index in [-0.39, 0.29) is 6.04 Å². The SMILES string of the molecule is CCC(C)c1ccc(C(N)c2ccccc2SC)cc1. The van der Waals surface area contributed by atoms with E-state index in [1.54, 1.807) is 11.8 Å². The van der Waals surface area contributed by atoms with Gasteiger partial charge in [-0.25, -0.2) is 0 Å². The zero-order valence-electron chi connectivity index (χ0n) is 12.5. The molecule has 0 aliphatic carbocycles. The Balaban J connectivity index is 2.27. The molecule has 0 saturated carbocycles. The summed E-state index contributed by atoms with van der Waals surface area (Å²) in [6.45, 7) is 4.48. The predicted molar refractivity (Wildman–Crippen MR) is 89.4 cm³/mol. The van der Waals surface area contributed by atoms with Crippen molar-refractivity contribution in [2.45, 2.75) is 37.1 Å². The molecule has 0 aliphatic heterocycles. The van der Waals surface area contributed by atoms with E-state index in [1.165, 1.54) is 28.0 Å². The van der Waals surface area contributed by atoms with Crippen LogP contribution in [0.25, 0.3) is 0 Å². The largest absolute Gasteiger partial charge is 0.320 e. The minimum atomic E-state index is -0.0513. The van der Waals surface area contributed by atoms with Crippen molar-refractivity contribution in [2.75, 3.05) is 6.26 Å². The Hall–Kier alpha value is -1.25. The van der Waals surface area contributed by atoms with Crippen molar-refractivity contribution in [3.63, 3.8) is 0 Å². The summed E-state index contributed by atoms with van der Waals surface area (Å²) in [5, 5.41) is 0. The molecule has 20 heavy (non-hydrogen) atoms. The van der Waals surface area contributed by atoms with Crippen LogP contribution in [-0.2, 0) is 0 Å². The van der Waals surface area contributed by atoms with Crippen molar-refractivity contribution in [2.24, 2.45) is 5.73 Å². The highest BCUT2D eigenvalue weighted by atomic mass is 32.2. The lowest BCUT2D eigenvalue weighted by atomic mass is 9.94. The normalized spacial score (nSPS) is 14.0. The third kappa shape index (κ3) is 3.25. The van der Waals surface area contributed by atoms with E-state index < -0.39 is 0 Å². The van der Waals surface area contributed by atoms with Crippen LogP contribution in [0.3, 0.4) is 0 Å². The van der Waals surface area contributed by atoms with Crippen molar-refractivity contribution < 1.29 is 0 Å². The second kappa shape index (κ2) is 6.96. The molecule has 2 aromatic rings. The van der Waals surface area contributed by atoms with Crippen LogP contribution in [0.5, 0.6) is 0 Å². The molecule has 0 aromatic heterocycles. The summed E-state index contributed by atoms with van der Waals surface area (Å²) >= 11 is 1.75. The van der Waals surface area contributed by atoms with E-state index in [4.69, 9.17) is 5.73 Å². The molecule has 0 amide bonds. The van der Waals surface area contributed by atoms with Crippen LogP contribution < -0.4 is 5.73 Å². The monoisotopic (exact) mass is 285 g/mol. The first-order valence-electron chi connectivity index (χ1n) is 7.15. The van der Waals surface area contributed by atoms with Gasteiger partial charge in [-0.2, -0.15) is 0 Å². The van der Waals surface area contributed by atoms with Gasteiger partial charge in [0.2, 0.25) is 0 Å². The lowest BCUT2D eigenvalue weighted by molar-refractivity contribution is 0.732. The van der Waals surface area contributed by atoms with Crippen molar-refractivity contribution >= 4 is 11.8 Å². The van der Waals surface area contributed by atoms with Gasteiger partial charge >= 0.3 is 0 Å². The Bertz CT molecular complexity index is 548. The van der Waals surface area contributed by atoms with Crippen molar-refractivity contribution in [1.29, 1.82) is 0 Å². The summed E-state index contributed by atoms with van der Waals surface area (Å²) in [6, 6.07) is 17.1. The smallest absolute Gasteiger partial charge is 0.0562 e. The Morgan fingerprint density at radius 3 is 2.20 bits per heavy atom. The molecule has 0 radical (unpaired) electrons. The maximum absolute atomic E-state index is 6.44. The molecular weight excluding hydrogens is 262 g/mol. The number of hydrogen-bond acceptors (Lipinski definition) is 2. The van der Waals surface area contributed by atoms with Crippen LogP contribution in [0.1, 0.15) is 48.9 Å². The molecule has 0 heterocycles. The molecule has 106 valence electrons. The fourth-order valence-electron chi connectivity index (χ4n) is 2.37. The minimum absolute atomic E-state index is 0.0513. The number of hydrogen-bond donors (Lipinski definition) is 1. The van der Waals surface area contributed by atoms with Gasteiger partial charge < -0.3 is 5.73 Å². The van der Waals surface area contributed by atoms with Crippen LogP contribution in [0, 0.1) is 0 Å². The highest BCUT2D eigenvalue weighted by Gasteiger charge is 2.13. The minimum Gasteiger partial charge on any atom is -0.320 e. The summed E-state index contributed by atoms with van der Waals surface area (Å²) in [6.07, 6.45) is 3.26. The maximum atomic E-state index is 6.44. The first kappa shape index (κ1) is 15.1. The fourth-order valence-corrected chi connectivity index (χ4v) is 3.02. The Morgan fingerprint density at radius 1 is 1.00 bits per heavy atom. The van der Waals surface area contributed by atoms with E-state index >= 15 is 0 Å². The van der Waals surface area contributed by atoms with Crippen LogP contribution in [0.4, 0.5) is 0 Å². The van der Waals surface area contributed by atoms with Crippen molar-refractivity contribution in [3.05, 3.63) is 65.2 Å². The highest BCUT2D eigenvalue weighted by Crippen LogP contribution is 2.29. The third-order valence-corrected chi connectivity index (χ3v) is 4.76. The second-order valence-corrected chi connectivity index (χ2v) is 6.04. The van der Waals surface area contributed by atoms with Gasteiger partial charge in [0.1, 0.15) is 0 Å². The summed E-state index contributed by atoms with van der Waals surface area (Å²) in [7, 11) is 0. The van der Waals surface area contributed by atoms with Gasteiger partial charge in [0.05, 0.1) is 6.04 Å². The molecule has 2 atom stereocenters. The first-order chi connectivity index (χ1) is 9.67. The highest BCUT2D eigenvalue weighted by molar-refractivity contribution is 7.98. The number of thioether (sulfide) groups is 1. The molecule has 2 heteroatoms. The maximum Gasteiger partial charge on any atom is 0.0562 e. The molecular formula is C18H23NS. The average Bonchev–Trinajstić information content (AvgIpc) is 2.53. The first-order valence-corrected chi connectivity index (χ1v) is 8.38. The van der Waals surface area contributed by atoms with E-state index in [0.29, 0.717) is 5.92 Å². The number of benzene rings is 2. The molecule has 2 rings (SSSR count). The summed E-state index contributed by atoms with van der Waals surface area (Å²) in [5.74, 6) is 0.610. The Labute approximate surface area is 126 Å². The second-order valence-electron chi connectivity index (χ2n) is 5.20. The standard InChI is InChI=1S/C18H23NS/c1-4-13(2)14-9-11-15(12-10-14)18(19)16-7-5-6-8-17(16)20-3/h5-13,18H,4,19H2,1-3H3. The lowest BCUT2D eigenvalue weighted by Gasteiger charge is -2.17. The fraction of sp³-hybridized carbons (Fsp3) is 0.333. The lowest BCUT2D eigenvalue weighted by Crippen LogP contribution is -2.12. The van der Waals surface area contributed by atoms with Crippen LogP contribution >= 0.6 is 11.8 Å². The van der Waals surface area contributed by atoms with Gasteiger partial charge in [-0.05, 0) is 41.4 Å². The Morgan fingerprint density at radius 2 is 1.60 bits per heavy atom. The molecule has 0 fully saturated rings. The third-order valence-electron chi connectivity index (χ3n) is 3.95. The van der Waals surface area contributed by atoms with E-state index in [0.717, 1.165) is 0 Å². The van der Waals surface area contributed by atoms with Gasteiger partial charge in [0, 0.05) is 4.90 Å². The van der Waals surface area contributed by atoms with E-state index in [9.17, 15) is 0 Å². The Kier molecular flexibility index (Phi) is 5.27. The zero-order chi connectivity index (χ0) is 14.5. The zero-order valence-corrected chi connectivity index (χ0v) is 13.3. The van der Waals surface area contributed by atoms with Crippen molar-refractivity contribution in [1.82, 2.24) is 0 Å². The quantitative estimate of drug-likeness (QED) is 0.785.